The highest BCUT2D eigenvalue weighted by molar-refractivity contribution is 6.00. The summed E-state index contributed by atoms with van der Waals surface area (Å²) >= 11 is 0. The molecular weight excluding hydrogens is 212 g/mol. The number of carbonyl (C=O) groups is 1. The number of hydrogen-bond donors (Lipinski definition) is 0. The topological polar surface area (TPSA) is 44.1 Å². The lowest BCUT2D eigenvalue weighted by Gasteiger charge is -2.23. The number of carbonyl (C=O) groups excluding carboxylic acids is 1. The van der Waals surface area contributed by atoms with Gasteiger partial charge in [-0.2, -0.15) is 5.26 Å². The Morgan fingerprint density at radius 1 is 1.35 bits per heavy atom. The van der Waals surface area contributed by atoms with Crippen LogP contribution in [0.5, 0.6) is 0 Å². The summed E-state index contributed by atoms with van der Waals surface area (Å²) in [7, 11) is 2.01. The number of likely N-dealkylation sites (tertiary alicyclic amines) is 1. The Hall–Kier alpha value is -1.92. The second-order valence-corrected chi connectivity index (χ2v) is 4.31. The average Bonchev–Trinajstić information content (AvgIpc) is 2.35. The van der Waals surface area contributed by atoms with Gasteiger partial charge >= 0.3 is 0 Å². The predicted molar refractivity (Wildman–Crippen MR) is 66.3 cm³/mol. The average molecular weight is 226 g/mol. The van der Waals surface area contributed by atoms with Crippen LogP contribution < -0.4 is 0 Å². The zero-order valence-corrected chi connectivity index (χ0v) is 9.81. The summed E-state index contributed by atoms with van der Waals surface area (Å²) in [5, 5.41) is 8.70. The van der Waals surface area contributed by atoms with Crippen LogP contribution in [0.2, 0.25) is 0 Å². The molecule has 1 heterocycles. The molecule has 0 radical (unpaired) electrons. The van der Waals surface area contributed by atoms with Crippen molar-refractivity contribution in [2.75, 3.05) is 20.1 Å². The van der Waals surface area contributed by atoms with Crippen LogP contribution >= 0.6 is 0 Å². The maximum Gasteiger partial charge on any atom is 0.161 e. The first-order chi connectivity index (χ1) is 8.19. The second kappa shape index (κ2) is 4.94. The van der Waals surface area contributed by atoms with Gasteiger partial charge in [-0.25, -0.2) is 0 Å². The maximum atomic E-state index is 11.7. The molecule has 3 heteroatoms. The van der Waals surface area contributed by atoms with E-state index < -0.39 is 0 Å². The molecule has 0 unspecified atom stereocenters. The number of benzene rings is 1. The van der Waals surface area contributed by atoms with Gasteiger partial charge in [-0.1, -0.05) is 12.1 Å². The van der Waals surface area contributed by atoms with E-state index in [1.165, 1.54) is 0 Å². The largest absolute Gasteiger partial charge is 0.302 e. The summed E-state index contributed by atoms with van der Waals surface area (Å²) in [4.78, 5) is 13.9. The third-order valence-electron chi connectivity index (χ3n) is 2.90. The third kappa shape index (κ3) is 2.80. The molecule has 1 aliphatic heterocycles. The Bertz CT molecular complexity index is 494. The molecule has 1 fully saturated rings. The number of nitrogens with zero attached hydrogens (tertiary/aromatic N) is 2. The van der Waals surface area contributed by atoms with Gasteiger partial charge in [0.15, 0.2) is 5.78 Å². The van der Waals surface area contributed by atoms with E-state index in [4.69, 9.17) is 5.26 Å². The Kier molecular flexibility index (Phi) is 3.36. The van der Waals surface area contributed by atoms with Gasteiger partial charge in [-0.05, 0) is 30.8 Å². The summed E-state index contributed by atoms with van der Waals surface area (Å²) in [5.41, 5.74) is 2.46. The quantitative estimate of drug-likeness (QED) is 0.686. The molecule has 0 atom stereocenters. The van der Waals surface area contributed by atoms with Gasteiger partial charge in [0.25, 0.3) is 0 Å². The van der Waals surface area contributed by atoms with Crippen molar-refractivity contribution in [3.05, 3.63) is 41.0 Å². The van der Waals surface area contributed by atoms with Crippen molar-refractivity contribution in [2.24, 2.45) is 0 Å². The van der Waals surface area contributed by atoms with Crippen molar-refractivity contribution in [1.29, 1.82) is 5.26 Å². The van der Waals surface area contributed by atoms with Crippen molar-refractivity contribution in [3.63, 3.8) is 0 Å². The minimum absolute atomic E-state index is 0.229. The normalized spacial score (nSPS) is 19.3. The van der Waals surface area contributed by atoms with Crippen molar-refractivity contribution in [2.45, 2.75) is 6.42 Å². The van der Waals surface area contributed by atoms with E-state index in [9.17, 15) is 4.79 Å². The molecule has 17 heavy (non-hydrogen) atoms. The molecule has 0 N–H and O–H groups in total. The molecule has 2 rings (SSSR count). The second-order valence-electron chi connectivity index (χ2n) is 4.31. The number of ketones is 1. The van der Waals surface area contributed by atoms with E-state index in [1.807, 2.05) is 25.3 Å². The van der Waals surface area contributed by atoms with Crippen LogP contribution in [-0.2, 0) is 4.79 Å². The van der Waals surface area contributed by atoms with E-state index >= 15 is 0 Å². The number of piperidine rings is 1. The molecule has 86 valence electrons. The molecule has 0 spiro atoms. The number of likely N-dealkylation sites (N-methyl/N-ethyl adjacent to an activating group) is 1. The molecule has 0 amide bonds. The van der Waals surface area contributed by atoms with Crippen LogP contribution in [0, 0.1) is 11.3 Å². The number of hydrogen-bond acceptors (Lipinski definition) is 3. The van der Waals surface area contributed by atoms with Gasteiger partial charge in [0.1, 0.15) is 0 Å². The van der Waals surface area contributed by atoms with E-state index in [-0.39, 0.29) is 5.78 Å². The molecule has 0 aromatic heterocycles. The Labute approximate surface area is 101 Å². The van der Waals surface area contributed by atoms with Gasteiger partial charge in [0.05, 0.1) is 11.6 Å². The first kappa shape index (κ1) is 11.6. The van der Waals surface area contributed by atoms with Gasteiger partial charge in [-0.3, -0.25) is 4.79 Å². The molecule has 1 aromatic rings. The smallest absolute Gasteiger partial charge is 0.161 e. The molecule has 1 aliphatic rings. The zero-order valence-electron chi connectivity index (χ0n) is 9.81. The number of nitriles is 1. The molecule has 0 bridgehead atoms. The highest BCUT2D eigenvalue weighted by Crippen LogP contribution is 2.15. The highest BCUT2D eigenvalue weighted by atomic mass is 16.1. The van der Waals surface area contributed by atoms with Crippen LogP contribution in [0.3, 0.4) is 0 Å². The molecule has 3 nitrogen and oxygen atoms in total. The summed E-state index contributed by atoms with van der Waals surface area (Å²) in [6.07, 6.45) is 2.51. The van der Waals surface area contributed by atoms with Crippen molar-refractivity contribution in [1.82, 2.24) is 4.90 Å². The lowest BCUT2D eigenvalue weighted by molar-refractivity contribution is -0.117. The van der Waals surface area contributed by atoms with Gasteiger partial charge in [0, 0.05) is 25.1 Å². The summed E-state index contributed by atoms with van der Waals surface area (Å²) in [6, 6.07) is 9.35. The van der Waals surface area contributed by atoms with E-state index in [0.717, 1.165) is 17.7 Å². The van der Waals surface area contributed by atoms with Crippen LogP contribution in [-0.4, -0.2) is 30.8 Å². The van der Waals surface area contributed by atoms with Gasteiger partial charge in [-0.15, -0.1) is 0 Å². The van der Waals surface area contributed by atoms with Crippen LogP contribution in [0.15, 0.2) is 29.8 Å². The SMILES string of the molecule is CN1CCC(=O)C(=Cc2ccc(C#N)cc2)C1. The fourth-order valence-electron chi connectivity index (χ4n) is 1.89. The number of rotatable bonds is 1. The van der Waals surface area contributed by atoms with Crippen LogP contribution in [0.25, 0.3) is 6.08 Å². The Balaban J connectivity index is 2.22. The van der Waals surface area contributed by atoms with E-state index in [1.54, 1.807) is 12.1 Å². The Morgan fingerprint density at radius 2 is 2.06 bits per heavy atom. The number of Topliss-reactive ketones (excluding diaryl/α,β-unsaturated/α-hetero) is 1. The van der Waals surface area contributed by atoms with E-state index in [2.05, 4.69) is 11.0 Å². The first-order valence-electron chi connectivity index (χ1n) is 5.61. The fraction of sp³-hybridized carbons (Fsp3) is 0.286. The molecule has 1 saturated heterocycles. The van der Waals surface area contributed by atoms with Crippen molar-refractivity contribution < 1.29 is 4.79 Å². The lowest BCUT2D eigenvalue weighted by Crippen LogP contribution is -2.32. The fourth-order valence-corrected chi connectivity index (χ4v) is 1.89. The lowest BCUT2D eigenvalue weighted by atomic mass is 10.0. The Morgan fingerprint density at radius 3 is 2.71 bits per heavy atom. The first-order valence-corrected chi connectivity index (χ1v) is 5.61. The molecule has 0 saturated carbocycles. The molecule has 0 aliphatic carbocycles. The monoisotopic (exact) mass is 226 g/mol. The third-order valence-corrected chi connectivity index (χ3v) is 2.90. The van der Waals surface area contributed by atoms with Crippen molar-refractivity contribution >= 4 is 11.9 Å². The molecule has 1 aromatic carbocycles. The van der Waals surface area contributed by atoms with Crippen molar-refractivity contribution in [3.8, 4) is 6.07 Å². The van der Waals surface area contributed by atoms with Crippen LogP contribution in [0.4, 0.5) is 0 Å². The predicted octanol–water partition coefficient (Wildman–Crippen LogP) is 1.85. The van der Waals surface area contributed by atoms with Gasteiger partial charge in [0.2, 0.25) is 0 Å². The van der Waals surface area contributed by atoms with E-state index in [0.29, 0.717) is 18.5 Å². The highest BCUT2D eigenvalue weighted by Gasteiger charge is 2.18. The summed E-state index contributed by atoms with van der Waals surface area (Å²) < 4.78 is 0. The summed E-state index contributed by atoms with van der Waals surface area (Å²) in [6.45, 7) is 1.54. The van der Waals surface area contributed by atoms with Crippen LogP contribution in [0.1, 0.15) is 17.5 Å². The minimum Gasteiger partial charge on any atom is -0.302 e. The standard InChI is InChI=1S/C14H14N2O/c1-16-7-6-14(17)13(10-16)8-11-2-4-12(9-15)5-3-11/h2-5,8H,6-7,10H2,1H3. The maximum absolute atomic E-state index is 11.7. The zero-order chi connectivity index (χ0) is 12.3. The summed E-state index contributed by atoms with van der Waals surface area (Å²) in [5.74, 6) is 0.229. The minimum atomic E-state index is 0.229. The molecular formula is C14H14N2O. The van der Waals surface area contributed by atoms with Gasteiger partial charge < -0.3 is 4.90 Å².